The molecule has 6 rings (SSSR count). The van der Waals surface area contributed by atoms with E-state index < -0.39 is 0 Å². The molecule has 6 aromatic rings. The topological polar surface area (TPSA) is 129 Å². The molecule has 0 amide bonds. The monoisotopic (exact) mass is 733 g/mol. The molecule has 288 valence electrons. The number of aryl methyl sites for hydroxylation is 12. The maximum absolute atomic E-state index is 4.08. The standard InChI is InChI=1S/2C7H9N.3C6H8N2.C4H6N2S.5CH4/c2*1-6-3-4-7(2)8-5-6;2*1-5-3-7-6(2)8-4-5;1-5-3-4-6(2)8-7-5;1-3-5-6-4(2)7-3;;;;;/h2*3-5H,1-2H3;3*3-4H,1-2H3;1-2H3;5*1H4. The Labute approximate surface area is 321 Å². The van der Waals surface area contributed by atoms with Crippen molar-refractivity contribution >= 4 is 11.3 Å². The van der Waals surface area contributed by atoms with Crippen LogP contribution in [0.5, 0.6) is 0 Å². The van der Waals surface area contributed by atoms with Crippen LogP contribution in [0.1, 0.15) is 104 Å². The fourth-order valence-corrected chi connectivity index (χ4v) is 3.45. The van der Waals surface area contributed by atoms with Crippen LogP contribution in [0.25, 0.3) is 0 Å². The van der Waals surface area contributed by atoms with Gasteiger partial charge in [-0.1, -0.05) is 49.3 Å². The number of hydrogen-bond acceptors (Lipinski definition) is 11. The van der Waals surface area contributed by atoms with E-state index in [1.165, 1.54) is 11.1 Å². The molecule has 0 fully saturated rings. The summed E-state index contributed by atoms with van der Waals surface area (Å²) >= 11 is 1.62. The third-order valence-electron chi connectivity index (χ3n) is 5.50. The van der Waals surface area contributed by atoms with Crippen molar-refractivity contribution in [3.63, 3.8) is 0 Å². The van der Waals surface area contributed by atoms with Gasteiger partial charge in [-0.3, -0.25) is 9.97 Å². The number of hydrogen-bond donors (Lipinski definition) is 0. The summed E-state index contributed by atoms with van der Waals surface area (Å²) in [4.78, 5) is 24.0. The van der Waals surface area contributed by atoms with Crippen LogP contribution in [0.2, 0.25) is 0 Å². The Balaban J connectivity index is -0.000000167. The average Bonchev–Trinajstić information content (AvgIpc) is 3.44. The van der Waals surface area contributed by atoms with E-state index in [1.54, 1.807) is 11.3 Å². The van der Waals surface area contributed by atoms with E-state index in [2.05, 4.69) is 62.4 Å². The molecule has 0 aromatic carbocycles. The van der Waals surface area contributed by atoms with Crippen molar-refractivity contribution in [2.75, 3.05) is 0 Å². The number of pyridine rings is 2. The van der Waals surface area contributed by atoms with Gasteiger partial charge in [0, 0.05) is 48.6 Å². The predicted molar refractivity (Wildman–Crippen MR) is 225 cm³/mol. The normalized spacial score (nSPS) is 8.38. The molecule has 6 heterocycles. The number of rotatable bonds is 0. The lowest BCUT2D eigenvalue weighted by Crippen LogP contribution is -1.86. The molecule has 0 radical (unpaired) electrons. The van der Waals surface area contributed by atoms with Crippen molar-refractivity contribution in [3.05, 3.63) is 140 Å². The summed E-state index contributed by atoms with van der Waals surface area (Å²) in [5, 5.41) is 17.3. The SMILES string of the molecule is C.C.C.C.C.Cc1ccc(C)nc1.Cc1ccc(C)nc1.Cc1ccc(C)nn1.Cc1cnc(C)nc1.Cc1cnc(C)nc1.Cc1nnc(C)s1. The van der Waals surface area contributed by atoms with Crippen molar-refractivity contribution in [2.24, 2.45) is 0 Å². The van der Waals surface area contributed by atoms with Gasteiger partial charge in [0.15, 0.2) is 0 Å². The zero-order valence-electron chi connectivity index (χ0n) is 29.8. The van der Waals surface area contributed by atoms with Crippen molar-refractivity contribution in [2.45, 2.75) is 120 Å². The van der Waals surface area contributed by atoms with Gasteiger partial charge in [-0.15, -0.1) is 21.5 Å². The first kappa shape index (κ1) is 56.5. The van der Waals surface area contributed by atoms with Gasteiger partial charge in [-0.05, 0) is 130 Å². The highest BCUT2D eigenvalue weighted by Gasteiger charge is 1.88. The molecule has 0 aliphatic rings. The highest BCUT2D eigenvalue weighted by molar-refractivity contribution is 7.11. The summed E-state index contributed by atoms with van der Waals surface area (Å²) in [6.07, 6.45) is 11.0. The van der Waals surface area contributed by atoms with Gasteiger partial charge >= 0.3 is 0 Å². The van der Waals surface area contributed by atoms with Gasteiger partial charge in [-0.25, -0.2) is 19.9 Å². The minimum atomic E-state index is 0. The van der Waals surface area contributed by atoms with Crippen molar-refractivity contribution in [1.82, 2.24) is 50.3 Å². The van der Waals surface area contributed by atoms with Crippen LogP contribution in [0, 0.1) is 83.1 Å². The Morgan fingerprint density at radius 2 is 0.577 bits per heavy atom. The van der Waals surface area contributed by atoms with Gasteiger partial charge in [0.2, 0.25) is 0 Å². The smallest absolute Gasteiger partial charge is 0.125 e. The quantitative estimate of drug-likeness (QED) is 0.149. The summed E-state index contributed by atoms with van der Waals surface area (Å²) in [7, 11) is 0. The Morgan fingerprint density at radius 1 is 0.308 bits per heavy atom. The number of aromatic nitrogens is 10. The number of nitrogens with zero attached hydrogens (tertiary/aromatic N) is 10. The molecule has 0 saturated heterocycles. The predicted octanol–water partition coefficient (Wildman–Crippen LogP) is 11.0. The summed E-state index contributed by atoms with van der Waals surface area (Å²) in [6, 6.07) is 12.0. The van der Waals surface area contributed by atoms with Crippen LogP contribution >= 0.6 is 11.3 Å². The van der Waals surface area contributed by atoms with Gasteiger partial charge in [0.1, 0.15) is 21.7 Å². The highest BCUT2D eigenvalue weighted by atomic mass is 32.1. The van der Waals surface area contributed by atoms with Crippen molar-refractivity contribution in [1.29, 1.82) is 0 Å². The average molecular weight is 733 g/mol. The molecule has 0 bridgehead atoms. The van der Waals surface area contributed by atoms with Gasteiger partial charge in [0.25, 0.3) is 0 Å². The molecule has 6 aromatic heterocycles. The maximum atomic E-state index is 4.08. The van der Waals surface area contributed by atoms with Crippen LogP contribution in [-0.4, -0.2) is 50.3 Å². The molecular weight excluding hydrogens is 665 g/mol. The molecule has 52 heavy (non-hydrogen) atoms. The summed E-state index contributed by atoms with van der Waals surface area (Å²) in [5.74, 6) is 1.66. The van der Waals surface area contributed by atoms with Crippen molar-refractivity contribution < 1.29 is 0 Å². The first-order chi connectivity index (χ1) is 22.2. The molecule has 11 heteroatoms. The van der Waals surface area contributed by atoms with E-state index in [0.717, 1.165) is 55.6 Å². The summed E-state index contributed by atoms with van der Waals surface area (Å²) < 4.78 is 0. The third kappa shape index (κ3) is 30.0. The summed E-state index contributed by atoms with van der Waals surface area (Å²) in [5.41, 5.74) is 8.75. The van der Waals surface area contributed by atoms with Crippen LogP contribution in [-0.2, 0) is 0 Å². The fourth-order valence-electron chi connectivity index (χ4n) is 2.86. The first-order valence-electron chi connectivity index (χ1n) is 15.1. The third-order valence-corrected chi connectivity index (χ3v) is 6.25. The molecule has 0 spiro atoms. The molecule has 0 unspecified atom stereocenters. The minimum Gasteiger partial charge on any atom is -0.261 e. The molecule has 0 saturated carbocycles. The molecular formula is C41H68N10S. The van der Waals surface area contributed by atoms with Crippen LogP contribution < -0.4 is 0 Å². The van der Waals surface area contributed by atoms with E-state index in [0.29, 0.717) is 0 Å². The van der Waals surface area contributed by atoms with E-state index in [4.69, 9.17) is 0 Å². The second kappa shape index (κ2) is 32.0. The van der Waals surface area contributed by atoms with Gasteiger partial charge < -0.3 is 0 Å². The van der Waals surface area contributed by atoms with E-state index in [1.807, 2.05) is 145 Å². The maximum Gasteiger partial charge on any atom is 0.125 e. The first-order valence-corrected chi connectivity index (χ1v) is 15.9. The lowest BCUT2D eigenvalue weighted by molar-refractivity contribution is 0.941. The molecule has 10 nitrogen and oxygen atoms in total. The lowest BCUT2D eigenvalue weighted by atomic mass is 10.3. The lowest BCUT2D eigenvalue weighted by Gasteiger charge is -1.89. The largest absolute Gasteiger partial charge is 0.261 e. The van der Waals surface area contributed by atoms with E-state index >= 15 is 0 Å². The molecule has 0 N–H and O–H groups in total. The van der Waals surface area contributed by atoms with Crippen LogP contribution in [0.3, 0.4) is 0 Å². The Bertz CT molecular complexity index is 1280. The zero-order chi connectivity index (χ0) is 35.2. The molecule has 0 aliphatic carbocycles. The Kier molecular flexibility index (Phi) is 34.8. The zero-order valence-corrected chi connectivity index (χ0v) is 30.6. The van der Waals surface area contributed by atoms with E-state index in [9.17, 15) is 0 Å². The highest BCUT2D eigenvalue weighted by Crippen LogP contribution is 2.04. The fraction of sp³-hybridized carbons (Fsp3) is 0.415. The van der Waals surface area contributed by atoms with Crippen LogP contribution in [0.15, 0.2) is 73.6 Å². The molecule has 0 aliphatic heterocycles. The summed E-state index contributed by atoms with van der Waals surface area (Å²) in [6.45, 7) is 23.5. The van der Waals surface area contributed by atoms with Gasteiger partial charge in [-0.2, -0.15) is 10.2 Å². The van der Waals surface area contributed by atoms with Gasteiger partial charge in [0.05, 0.1) is 11.4 Å². The second-order valence-corrected chi connectivity index (χ2v) is 12.1. The second-order valence-electron chi connectivity index (χ2n) is 10.7. The van der Waals surface area contributed by atoms with Crippen molar-refractivity contribution in [3.8, 4) is 0 Å². The molecule has 0 atom stereocenters. The Hall–Kier alpha value is -4.90. The van der Waals surface area contributed by atoms with E-state index in [-0.39, 0.29) is 37.1 Å². The van der Waals surface area contributed by atoms with Crippen LogP contribution in [0.4, 0.5) is 0 Å². The Morgan fingerprint density at radius 3 is 0.750 bits per heavy atom. The minimum absolute atomic E-state index is 0.